The van der Waals surface area contributed by atoms with Crippen LogP contribution in [0, 0.1) is 5.92 Å². The van der Waals surface area contributed by atoms with E-state index < -0.39 is 6.29 Å². The second-order valence-electron chi connectivity index (χ2n) is 7.12. The van der Waals surface area contributed by atoms with Crippen molar-refractivity contribution in [2.45, 2.75) is 25.4 Å². The van der Waals surface area contributed by atoms with E-state index >= 15 is 0 Å². The second kappa shape index (κ2) is 8.76. The van der Waals surface area contributed by atoms with Crippen LogP contribution in [0.25, 0.3) is 0 Å². The molecular weight excluding hydrogens is 407 g/mol. The van der Waals surface area contributed by atoms with Gasteiger partial charge in [0, 0.05) is 21.5 Å². The number of ether oxygens (including phenoxy) is 3. The van der Waals surface area contributed by atoms with Crippen molar-refractivity contribution in [3.05, 3.63) is 99.5 Å². The van der Waals surface area contributed by atoms with Gasteiger partial charge in [-0.3, -0.25) is 0 Å². The third kappa shape index (κ3) is 4.15. The first kappa shape index (κ1) is 20.2. The molecule has 3 aromatic carbocycles. The molecule has 4 atom stereocenters. The molecule has 0 spiro atoms. The summed E-state index contributed by atoms with van der Waals surface area (Å²) in [5, 5.41) is 1.29. The largest absolute Gasteiger partial charge is 0.497 e. The minimum Gasteiger partial charge on any atom is -0.497 e. The van der Waals surface area contributed by atoms with Gasteiger partial charge in [0.25, 0.3) is 0 Å². The highest BCUT2D eigenvalue weighted by atomic mass is 35.5. The monoisotopic (exact) mass is 428 g/mol. The highest BCUT2D eigenvalue weighted by molar-refractivity contribution is 6.31. The Morgan fingerprint density at radius 1 is 0.724 bits per heavy atom. The molecule has 1 saturated heterocycles. The van der Waals surface area contributed by atoms with Gasteiger partial charge in [0.05, 0.1) is 19.3 Å². The van der Waals surface area contributed by atoms with E-state index in [1.165, 1.54) is 0 Å². The van der Waals surface area contributed by atoms with E-state index in [1.807, 2.05) is 72.8 Å². The van der Waals surface area contributed by atoms with Crippen molar-refractivity contribution in [2.75, 3.05) is 7.11 Å². The van der Waals surface area contributed by atoms with Crippen LogP contribution in [0.5, 0.6) is 5.75 Å². The van der Waals surface area contributed by atoms with Crippen LogP contribution in [0.2, 0.25) is 10.0 Å². The van der Waals surface area contributed by atoms with E-state index in [0.29, 0.717) is 10.0 Å². The third-order valence-corrected chi connectivity index (χ3v) is 6.00. The van der Waals surface area contributed by atoms with Crippen LogP contribution in [-0.4, -0.2) is 7.11 Å². The maximum atomic E-state index is 6.52. The molecule has 3 nitrogen and oxygen atoms in total. The van der Waals surface area contributed by atoms with Crippen molar-refractivity contribution in [2.24, 2.45) is 5.92 Å². The Labute approximate surface area is 181 Å². The molecule has 29 heavy (non-hydrogen) atoms. The fraction of sp³-hybridized carbons (Fsp3) is 0.250. The van der Waals surface area contributed by atoms with Gasteiger partial charge in [-0.15, -0.1) is 0 Å². The van der Waals surface area contributed by atoms with Gasteiger partial charge in [-0.05, 0) is 35.4 Å². The average Bonchev–Trinajstić information content (AvgIpc) is 2.75. The molecule has 4 rings (SSSR count). The van der Waals surface area contributed by atoms with Crippen molar-refractivity contribution in [1.29, 1.82) is 0 Å². The fourth-order valence-electron chi connectivity index (χ4n) is 3.76. The first-order valence-electron chi connectivity index (χ1n) is 9.52. The standard InChI is InChI=1S/C24H22Cl2O3/c1-15-22(16-11-13-17(27-2)14-12-16)28-24(19-8-4-6-10-21(19)26)29-23(15)18-7-3-5-9-20(18)25/h3-15,22-24H,1-2H3/t15-,22+,23-,24-/m0/s1. The lowest BCUT2D eigenvalue weighted by molar-refractivity contribution is -0.276. The molecule has 5 heteroatoms. The molecule has 1 fully saturated rings. The highest BCUT2D eigenvalue weighted by Crippen LogP contribution is 2.49. The Balaban J connectivity index is 1.75. The van der Waals surface area contributed by atoms with E-state index in [9.17, 15) is 0 Å². The molecule has 0 amide bonds. The maximum absolute atomic E-state index is 6.52. The summed E-state index contributed by atoms with van der Waals surface area (Å²) in [6.07, 6.45) is -1.05. The molecule has 0 N–H and O–H groups in total. The fourth-order valence-corrected chi connectivity index (χ4v) is 4.22. The van der Waals surface area contributed by atoms with E-state index in [1.54, 1.807) is 7.11 Å². The molecule has 0 bridgehead atoms. The Kier molecular flexibility index (Phi) is 6.12. The number of hydrogen-bond donors (Lipinski definition) is 0. The topological polar surface area (TPSA) is 27.7 Å². The molecule has 0 unspecified atom stereocenters. The summed E-state index contributed by atoms with van der Waals surface area (Å²) in [6, 6.07) is 23.3. The van der Waals surface area contributed by atoms with Gasteiger partial charge in [-0.2, -0.15) is 0 Å². The number of methoxy groups -OCH3 is 1. The van der Waals surface area contributed by atoms with Crippen LogP contribution in [0.3, 0.4) is 0 Å². The highest BCUT2D eigenvalue weighted by Gasteiger charge is 2.40. The number of benzene rings is 3. The minimum atomic E-state index is -0.603. The van der Waals surface area contributed by atoms with E-state index in [-0.39, 0.29) is 18.1 Å². The molecule has 0 aromatic heterocycles. The summed E-state index contributed by atoms with van der Waals surface area (Å²) in [5.74, 6) is 0.834. The average molecular weight is 429 g/mol. The zero-order valence-electron chi connectivity index (χ0n) is 16.2. The van der Waals surface area contributed by atoms with Crippen molar-refractivity contribution >= 4 is 23.2 Å². The Hall–Kier alpha value is -2.04. The number of rotatable bonds is 4. The summed E-state index contributed by atoms with van der Waals surface area (Å²) in [6.45, 7) is 2.12. The van der Waals surface area contributed by atoms with Crippen LogP contribution in [0.4, 0.5) is 0 Å². The molecule has 0 saturated carbocycles. The maximum Gasteiger partial charge on any atom is 0.186 e. The smallest absolute Gasteiger partial charge is 0.186 e. The SMILES string of the molecule is COc1ccc([C@@H]2O[C@H](c3ccccc3Cl)O[C@H](c3ccccc3Cl)[C@H]2C)cc1. The first-order chi connectivity index (χ1) is 14.1. The van der Waals surface area contributed by atoms with E-state index in [0.717, 1.165) is 22.4 Å². The van der Waals surface area contributed by atoms with Crippen LogP contribution < -0.4 is 4.74 Å². The lowest BCUT2D eigenvalue weighted by atomic mass is 9.87. The summed E-state index contributed by atoms with van der Waals surface area (Å²) < 4.78 is 18.1. The number of halogens is 2. The van der Waals surface area contributed by atoms with Crippen LogP contribution in [-0.2, 0) is 9.47 Å². The van der Waals surface area contributed by atoms with Gasteiger partial charge in [0.1, 0.15) is 5.75 Å². The van der Waals surface area contributed by atoms with Gasteiger partial charge in [-0.25, -0.2) is 0 Å². The van der Waals surface area contributed by atoms with E-state index in [4.69, 9.17) is 37.4 Å². The molecule has 1 aliphatic rings. The van der Waals surface area contributed by atoms with Crippen molar-refractivity contribution in [3.8, 4) is 5.75 Å². The first-order valence-corrected chi connectivity index (χ1v) is 10.3. The van der Waals surface area contributed by atoms with Crippen molar-refractivity contribution < 1.29 is 14.2 Å². The Morgan fingerprint density at radius 3 is 1.86 bits per heavy atom. The van der Waals surface area contributed by atoms with E-state index in [2.05, 4.69) is 6.92 Å². The molecule has 1 aliphatic heterocycles. The van der Waals surface area contributed by atoms with Gasteiger partial charge in [-0.1, -0.05) is 78.7 Å². The van der Waals surface area contributed by atoms with Crippen LogP contribution in [0.1, 0.15) is 42.1 Å². The van der Waals surface area contributed by atoms with Crippen LogP contribution >= 0.6 is 23.2 Å². The molecule has 0 radical (unpaired) electrons. The van der Waals surface area contributed by atoms with Gasteiger partial charge in [0.2, 0.25) is 0 Å². The quantitative estimate of drug-likeness (QED) is 0.440. The molecular formula is C24H22Cl2O3. The molecule has 3 aromatic rings. The second-order valence-corrected chi connectivity index (χ2v) is 7.93. The zero-order valence-corrected chi connectivity index (χ0v) is 17.7. The minimum absolute atomic E-state index is 0.0297. The lowest BCUT2D eigenvalue weighted by Crippen LogP contribution is -2.32. The zero-order chi connectivity index (χ0) is 20.4. The van der Waals surface area contributed by atoms with Crippen LogP contribution in [0.15, 0.2) is 72.8 Å². The van der Waals surface area contributed by atoms with Gasteiger partial charge < -0.3 is 14.2 Å². The molecule has 1 heterocycles. The summed E-state index contributed by atoms with van der Waals surface area (Å²) in [7, 11) is 1.66. The summed E-state index contributed by atoms with van der Waals surface area (Å²) >= 11 is 13.0. The Morgan fingerprint density at radius 2 is 1.28 bits per heavy atom. The predicted molar refractivity (Wildman–Crippen MR) is 115 cm³/mol. The third-order valence-electron chi connectivity index (χ3n) is 5.31. The van der Waals surface area contributed by atoms with Gasteiger partial charge >= 0.3 is 0 Å². The normalized spacial score (nSPS) is 24.3. The van der Waals surface area contributed by atoms with Crippen molar-refractivity contribution in [1.82, 2.24) is 0 Å². The molecule has 0 aliphatic carbocycles. The summed E-state index contributed by atoms with van der Waals surface area (Å²) in [4.78, 5) is 0. The predicted octanol–water partition coefficient (Wildman–Crippen LogP) is 7.17. The summed E-state index contributed by atoms with van der Waals surface area (Å²) in [5.41, 5.74) is 2.80. The van der Waals surface area contributed by atoms with Gasteiger partial charge in [0.15, 0.2) is 6.29 Å². The Bertz CT molecular complexity index is 974. The van der Waals surface area contributed by atoms with Crippen molar-refractivity contribution in [3.63, 3.8) is 0 Å². The molecule has 150 valence electrons. The lowest BCUT2D eigenvalue weighted by Gasteiger charge is -2.41. The number of hydrogen-bond acceptors (Lipinski definition) is 3.